The molecule has 72 valence electrons. The van der Waals surface area contributed by atoms with Crippen LogP contribution in [0.25, 0.3) is 11.1 Å². The minimum Gasteiger partial charge on any atom is -0.275 e. The van der Waals surface area contributed by atoms with Crippen LogP contribution in [0.3, 0.4) is 0 Å². The fourth-order valence-corrected chi connectivity index (χ4v) is 1.70. The fraction of sp³-hybridized carbons (Fsp3) is 0.250. The first kappa shape index (κ1) is 9.00. The minimum atomic E-state index is 1.08. The number of rotatable bonds is 1. The van der Waals surface area contributed by atoms with Crippen molar-refractivity contribution in [2.45, 2.75) is 13.8 Å². The molecule has 2 nitrogen and oxygen atoms in total. The second-order valence-electron chi connectivity index (χ2n) is 3.67. The lowest BCUT2D eigenvalue weighted by molar-refractivity contribution is 0.756. The number of hydrogen-bond donors (Lipinski definition) is 0. The second-order valence-corrected chi connectivity index (χ2v) is 3.67. The average Bonchev–Trinajstić information content (AvgIpc) is 2.45. The molecule has 0 fully saturated rings. The molecule has 0 aliphatic carbocycles. The van der Waals surface area contributed by atoms with Crippen LogP contribution in [-0.2, 0) is 7.05 Å². The van der Waals surface area contributed by atoms with Crippen molar-refractivity contribution < 1.29 is 0 Å². The van der Waals surface area contributed by atoms with E-state index in [-0.39, 0.29) is 0 Å². The highest BCUT2D eigenvalue weighted by Crippen LogP contribution is 2.22. The summed E-state index contributed by atoms with van der Waals surface area (Å²) in [5, 5.41) is 4.33. The van der Waals surface area contributed by atoms with Crippen LogP contribution >= 0.6 is 0 Å². The Hall–Kier alpha value is -1.57. The minimum absolute atomic E-state index is 1.08. The molecule has 0 atom stereocenters. The highest BCUT2D eigenvalue weighted by molar-refractivity contribution is 5.65. The number of aromatic nitrogens is 2. The molecule has 0 bridgehead atoms. The van der Waals surface area contributed by atoms with Crippen molar-refractivity contribution in [2.75, 3.05) is 0 Å². The summed E-state index contributed by atoms with van der Waals surface area (Å²) in [6.45, 7) is 4.15. The molecular weight excluding hydrogens is 172 g/mol. The Bertz CT molecular complexity index is 455. The topological polar surface area (TPSA) is 17.8 Å². The quantitative estimate of drug-likeness (QED) is 0.669. The first-order valence-electron chi connectivity index (χ1n) is 4.74. The summed E-state index contributed by atoms with van der Waals surface area (Å²) in [5.74, 6) is 0. The van der Waals surface area contributed by atoms with Gasteiger partial charge in [0.25, 0.3) is 0 Å². The van der Waals surface area contributed by atoms with Gasteiger partial charge in [0.15, 0.2) is 0 Å². The van der Waals surface area contributed by atoms with Gasteiger partial charge in [-0.3, -0.25) is 4.68 Å². The van der Waals surface area contributed by atoms with Gasteiger partial charge < -0.3 is 0 Å². The van der Waals surface area contributed by atoms with E-state index in [1.807, 2.05) is 18.7 Å². The molecule has 0 radical (unpaired) electrons. The number of hydrogen-bond acceptors (Lipinski definition) is 1. The molecular formula is C12H14N2. The Morgan fingerprint density at radius 2 is 2.00 bits per heavy atom. The maximum atomic E-state index is 4.33. The molecule has 1 aromatic carbocycles. The molecule has 1 heterocycles. The molecule has 0 saturated heterocycles. The second kappa shape index (κ2) is 3.29. The number of benzene rings is 1. The van der Waals surface area contributed by atoms with Crippen molar-refractivity contribution in [1.82, 2.24) is 9.78 Å². The molecule has 14 heavy (non-hydrogen) atoms. The van der Waals surface area contributed by atoms with Crippen molar-refractivity contribution in [3.05, 3.63) is 41.7 Å². The van der Waals surface area contributed by atoms with Gasteiger partial charge in [-0.05, 0) is 19.4 Å². The van der Waals surface area contributed by atoms with E-state index in [0.29, 0.717) is 0 Å². The first-order chi connectivity index (χ1) is 6.66. The van der Waals surface area contributed by atoms with Gasteiger partial charge in [-0.1, -0.05) is 29.8 Å². The molecule has 0 spiro atoms. The summed E-state index contributed by atoms with van der Waals surface area (Å²) in [6, 6.07) is 8.49. The van der Waals surface area contributed by atoms with Gasteiger partial charge in [0.1, 0.15) is 0 Å². The molecule has 0 saturated carbocycles. The Morgan fingerprint density at radius 3 is 2.57 bits per heavy atom. The van der Waals surface area contributed by atoms with E-state index >= 15 is 0 Å². The number of aryl methyl sites for hydroxylation is 3. The van der Waals surface area contributed by atoms with Crippen molar-refractivity contribution in [2.24, 2.45) is 7.05 Å². The van der Waals surface area contributed by atoms with E-state index in [9.17, 15) is 0 Å². The van der Waals surface area contributed by atoms with Gasteiger partial charge >= 0.3 is 0 Å². The monoisotopic (exact) mass is 186 g/mol. The maximum Gasteiger partial charge on any atom is 0.0671 e. The molecule has 0 unspecified atom stereocenters. The van der Waals surface area contributed by atoms with Gasteiger partial charge in [-0.15, -0.1) is 0 Å². The van der Waals surface area contributed by atoms with Gasteiger partial charge in [-0.2, -0.15) is 5.10 Å². The van der Waals surface area contributed by atoms with Crippen molar-refractivity contribution in [3.63, 3.8) is 0 Å². The van der Waals surface area contributed by atoms with Crippen LogP contribution in [0.5, 0.6) is 0 Å². The highest BCUT2D eigenvalue weighted by atomic mass is 15.2. The Morgan fingerprint density at radius 1 is 1.21 bits per heavy atom. The molecule has 2 aromatic rings. The van der Waals surface area contributed by atoms with Crippen molar-refractivity contribution in [3.8, 4) is 11.1 Å². The van der Waals surface area contributed by atoms with Crippen LogP contribution < -0.4 is 0 Å². The van der Waals surface area contributed by atoms with Gasteiger partial charge in [-0.25, -0.2) is 0 Å². The SMILES string of the molecule is Cc1cccc(-c2cn(C)nc2C)c1. The molecule has 1 aromatic heterocycles. The van der Waals surface area contributed by atoms with E-state index in [1.165, 1.54) is 16.7 Å². The van der Waals surface area contributed by atoms with E-state index in [1.54, 1.807) is 0 Å². The zero-order valence-electron chi connectivity index (χ0n) is 8.78. The van der Waals surface area contributed by atoms with Crippen LogP contribution in [0, 0.1) is 13.8 Å². The lowest BCUT2D eigenvalue weighted by Gasteiger charge is -1.99. The lowest BCUT2D eigenvalue weighted by atomic mass is 10.1. The summed E-state index contributed by atoms with van der Waals surface area (Å²) in [6.07, 6.45) is 2.06. The van der Waals surface area contributed by atoms with Gasteiger partial charge in [0.05, 0.1) is 5.69 Å². The van der Waals surface area contributed by atoms with Crippen LogP contribution in [0.1, 0.15) is 11.3 Å². The van der Waals surface area contributed by atoms with Crippen molar-refractivity contribution >= 4 is 0 Å². The van der Waals surface area contributed by atoms with E-state index in [0.717, 1.165) is 5.69 Å². The smallest absolute Gasteiger partial charge is 0.0671 e. The third-order valence-electron chi connectivity index (χ3n) is 2.34. The summed E-state index contributed by atoms with van der Waals surface area (Å²) in [4.78, 5) is 0. The Balaban J connectivity index is 2.54. The molecule has 0 aliphatic heterocycles. The molecule has 0 amide bonds. The highest BCUT2D eigenvalue weighted by Gasteiger charge is 2.04. The summed E-state index contributed by atoms with van der Waals surface area (Å²) >= 11 is 0. The standard InChI is InChI=1S/C12H14N2/c1-9-5-4-6-11(7-9)12-8-14(3)13-10(12)2/h4-8H,1-3H3. The summed E-state index contributed by atoms with van der Waals surface area (Å²) < 4.78 is 1.85. The predicted molar refractivity (Wildman–Crippen MR) is 58.1 cm³/mol. The molecule has 0 aliphatic rings. The maximum absolute atomic E-state index is 4.33. The third kappa shape index (κ3) is 1.55. The zero-order chi connectivity index (χ0) is 10.1. The zero-order valence-corrected chi connectivity index (χ0v) is 8.78. The van der Waals surface area contributed by atoms with Crippen LogP contribution in [-0.4, -0.2) is 9.78 Å². The normalized spacial score (nSPS) is 10.5. The average molecular weight is 186 g/mol. The van der Waals surface area contributed by atoms with Gasteiger partial charge in [0, 0.05) is 18.8 Å². The number of nitrogens with zero attached hydrogens (tertiary/aromatic N) is 2. The third-order valence-corrected chi connectivity index (χ3v) is 2.34. The molecule has 0 N–H and O–H groups in total. The van der Waals surface area contributed by atoms with Gasteiger partial charge in [0.2, 0.25) is 0 Å². The molecule has 2 heteroatoms. The largest absolute Gasteiger partial charge is 0.275 e. The van der Waals surface area contributed by atoms with Crippen molar-refractivity contribution in [1.29, 1.82) is 0 Å². The van der Waals surface area contributed by atoms with E-state index < -0.39 is 0 Å². The Labute approximate surface area is 84.2 Å². The predicted octanol–water partition coefficient (Wildman–Crippen LogP) is 2.70. The summed E-state index contributed by atoms with van der Waals surface area (Å²) in [7, 11) is 1.95. The van der Waals surface area contributed by atoms with Crippen LogP contribution in [0.15, 0.2) is 30.5 Å². The van der Waals surface area contributed by atoms with E-state index in [2.05, 4.69) is 42.5 Å². The van der Waals surface area contributed by atoms with E-state index in [4.69, 9.17) is 0 Å². The molecule has 2 rings (SSSR count). The Kier molecular flexibility index (Phi) is 2.12. The lowest BCUT2D eigenvalue weighted by Crippen LogP contribution is -1.86. The first-order valence-corrected chi connectivity index (χ1v) is 4.74. The van der Waals surface area contributed by atoms with Crippen LogP contribution in [0.2, 0.25) is 0 Å². The fourth-order valence-electron chi connectivity index (χ4n) is 1.70. The van der Waals surface area contributed by atoms with Crippen LogP contribution in [0.4, 0.5) is 0 Å². The summed E-state index contributed by atoms with van der Waals surface area (Å²) in [5.41, 5.74) is 4.83.